The minimum Gasteiger partial charge on any atom is -0.480 e. The lowest BCUT2D eigenvalue weighted by Gasteiger charge is -2.15. The number of halogens is 1. The van der Waals surface area contributed by atoms with Gasteiger partial charge >= 0.3 is 5.97 Å². The maximum Gasteiger partial charge on any atom is 0.326 e. The molecule has 0 aliphatic heterocycles. The Kier molecular flexibility index (Phi) is 5.11. The quantitative estimate of drug-likeness (QED) is 0.805. The normalized spacial score (nSPS) is 12.1. The molecule has 2 N–H and O–H groups in total. The highest BCUT2D eigenvalue weighted by molar-refractivity contribution is 7.98. The molecule has 0 bridgehead atoms. The standard InChI is InChI=1S/C11H14FNO2S/c1-16-6-5-10(11(14)15)13-9-4-2-3-8(12)7-9/h2-4,7,10,13H,5-6H2,1H3,(H,14,15). The highest BCUT2D eigenvalue weighted by Crippen LogP contribution is 2.13. The van der Waals surface area contributed by atoms with Crippen LogP contribution in [0, 0.1) is 5.82 Å². The lowest BCUT2D eigenvalue weighted by atomic mass is 10.2. The first-order valence-electron chi connectivity index (χ1n) is 4.87. The van der Waals surface area contributed by atoms with E-state index in [4.69, 9.17) is 5.11 Å². The van der Waals surface area contributed by atoms with E-state index in [9.17, 15) is 9.18 Å². The van der Waals surface area contributed by atoms with Crippen molar-refractivity contribution in [2.75, 3.05) is 17.3 Å². The zero-order valence-corrected chi connectivity index (χ0v) is 9.76. The van der Waals surface area contributed by atoms with Crippen LogP contribution in [0.25, 0.3) is 0 Å². The second-order valence-corrected chi connectivity index (χ2v) is 4.31. The Hall–Kier alpha value is -1.23. The molecule has 0 spiro atoms. The van der Waals surface area contributed by atoms with Crippen LogP contribution in [0.1, 0.15) is 6.42 Å². The Balaban J connectivity index is 2.64. The second-order valence-electron chi connectivity index (χ2n) is 3.33. The molecule has 1 rings (SSSR count). The van der Waals surface area contributed by atoms with Gasteiger partial charge in [0.15, 0.2) is 0 Å². The molecule has 0 aromatic heterocycles. The van der Waals surface area contributed by atoms with Gasteiger partial charge in [-0.2, -0.15) is 11.8 Å². The van der Waals surface area contributed by atoms with Crippen molar-refractivity contribution >= 4 is 23.4 Å². The van der Waals surface area contributed by atoms with Crippen molar-refractivity contribution in [1.29, 1.82) is 0 Å². The molecule has 3 nitrogen and oxygen atoms in total. The van der Waals surface area contributed by atoms with Gasteiger partial charge in [-0.15, -0.1) is 0 Å². The average Bonchev–Trinajstić information content (AvgIpc) is 2.24. The Morgan fingerprint density at radius 2 is 2.38 bits per heavy atom. The highest BCUT2D eigenvalue weighted by atomic mass is 32.2. The van der Waals surface area contributed by atoms with Crippen LogP contribution in [0.4, 0.5) is 10.1 Å². The molecule has 5 heteroatoms. The van der Waals surface area contributed by atoms with Crippen molar-refractivity contribution in [3.63, 3.8) is 0 Å². The molecule has 1 atom stereocenters. The first kappa shape index (κ1) is 12.8. The number of thioether (sulfide) groups is 1. The number of carbonyl (C=O) groups is 1. The zero-order valence-electron chi connectivity index (χ0n) is 8.94. The number of rotatable bonds is 6. The molecule has 1 aromatic rings. The van der Waals surface area contributed by atoms with Gasteiger partial charge in [-0.3, -0.25) is 0 Å². The van der Waals surface area contributed by atoms with Crippen molar-refractivity contribution < 1.29 is 14.3 Å². The molecular formula is C11H14FNO2S. The second kappa shape index (κ2) is 6.37. The van der Waals surface area contributed by atoms with Crippen molar-refractivity contribution in [1.82, 2.24) is 0 Å². The van der Waals surface area contributed by atoms with Crippen molar-refractivity contribution in [3.05, 3.63) is 30.1 Å². The van der Waals surface area contributed by atoms with Crippen LogP contribution in [-0.2, 0) is 4.79 Å². The summed E-state index contributed by atoms with van der Waals surface area (Å²) in [4.78, 5) is 10.9. The Morgan fingerprint density at radius 1 is 1.62 bits per heavy atom. The summed E-state index contributed by atoms with van der Waals surface area (Å²) in [6.45, 7) is 0. The number of nitrogens with one attached hydrogen (secondary N) is 1. The number of hydrogen-bond acceptors (Lipinski definition) is 3. The van der Waals surface area contributed by atoms with Crippen LogP contribution >= 0.6 is 11.8 Å². The van der Waals surface area contributed by atoms with E-state index in [0.717, 1.165) is 5.75 Å². The SMILES string of the molecule is CSCCC(Nc1cccc(F)c1)C(=O)O. The molecule has 1 aromatic carbocycles. The lowest BCUT2D eigenvalue weighted by molar-refractivity contribution is -0.137. The summed E-state index contributed by atoms with van der Waals surface area (Å²) in [5.74, 6) is -0.545. The topological polar surface area (TPSA) is 49.3 Å². The minimum atomic E-state index is -0.918. The maximum atomic E-state index is 12.9. The van der Waals surface area contributed by atoms with Crippen molar-refractivity contribution in [2.24, 2.45) is 0 Å². The van der Waals surface area contributed by atoms with Crippen LogP contribution in [-0.4, -0.2) is 29.1 Å². The maximum absolute atomic E-state index is 12.9. The van der Waals surface area contributed by atoms with E-state index < -0.39 is 12.0 Å². The van der Waals surface area contributed by atoms with Gasteiger partial charge in [0.2, 0.25) is 0 Å². The van der Waals surface area contributed by atoms with Crippen LogP contribution < -0.4 is 5.32 Å². The van der Waals surface area contributed by atoms with Crippen LogP contribution in [0.15, 0.2) is 24.3 Å². The fraction of sp³-hybridized carbons (Fsp3) is 0.364. The average molecular weight is 243 g/mol. The zero-order chi connectivity index (χ0) is 12.0. The molecule has 0 saturated heterocycles. The Morgan fingerprint density at radius 3 is 2.94 bits per heavy atom. The molecule has 0 fully saturated rings. The third-order valence-corrected chi connectivity index (χ3v) is 2.72. The van der Waals surface area contributed by atoms with E-state index in [1.54, 1.807) is 23.9 Å². The third-order valence-electron chi connectivity index (χ3n) is 2.07. The first-order chi connectivity index (χ1) is 7.63. The molecule has 16 heavy (non-hydrogen) atoms. The molecule has 1 unspecified atom stereocenters. The van der Waals surface area contributed by atoms with Gasteiger partial charge in [0.05, 0.1) is 0 Å². The van der Waals surface area contributed by atoms with E-state index in [1.165, 1.54) is 12.1 Å². The van der Waals surface area contributed by atoms with Gasteiger partial charge < -0.3 is 10.4 Å². The lowest BCUT2D eigenvalue weighted by Crippen LogP contribution is -2.29. The van der Waals surface area contributed by atoms with Crippen LogP contribution in [0.2, 0.25) is 0 Å². The molecule has 0 aliphatic rings. The van der Waals surface area contributed by atoms with E-state index in [1.807, 2.05) is 6.26 Å². The first-order valence-corrected chi connectivity index (χ1v) is 6.26. The Bertz CT molecular complexity index is 360. The van der Waals surface area contributed by atoms with Gasteiger partial charge in [-0.1, -0.05) is 6.07 Å². The number of anilines is 1. The summed E-state index contributed by atoms with van der Waals surface area (Å²) in [6, 6.07) is 5.13. The number of hydrogen-bond donors (Lipinski definition) is 2. The number of carboxylic acids is 1. The van der Waals surface area contributed by atoms with Gasteiger partial charge in [0.25, 0.3) is 0 Å². The van der Waals surface area contributed by atoms with E-state index in [2.05, 4.69) is 5.32 Å². The van der Waals surface area contributed by atoms with Gasteiger partial charge in [-0.25, -0.2) is 9.18 Å². The van der Waals surface area contributed by atoms with Crippen LogP contribution in [0.5, 0.6) is 0 Å². The molecule has 0 aliphatic carbocycles. The van der Waals surface area contributed by atoms with Gasteiger partial charge in [0.1, 0.15) is 11.9 Å². The largest absolute Gasteiger partial charge is 0.480 e. The molecule has 0 saturated carbocycles. The molecular weight excluding hydrogens is 229 g/mol. The monoisotopic (exact) mass is 243 g/mol. The van der Waals surface area contributed by atoms with Gasteiger partial charge in [-0.05, 0) is 36.6 Å². The molecule has 0 heterocycles. The van der Waals surface area contributed by atoms with Crippen LogP contribution in [0.3, 0.4) is 0 Å². The van der Waals surface area contributed by atoms with Crippen molar-refractivity contribution in [2.45, 2.75) is 12.5 Å². The van der Waals surface area contributed by atoms with E-state index in [-0.39, 0.29) is 5.82 Å². The minimum absolute atomic E-state index is 0.376. The summed E-state index contributed by atoms with van der Waals surface area (Å²) in [5, 5.41) is 11.8. The molecule has 88 valence electrons. The van der Waals surface area contributed by atoms with Gasteiger partial charge in [0, 0.05) is 5.69 Å². The third kappa shape index (κ3) is 4.10. The Labute approximate surface area is 98.1 Å². The fourth-order valence-electron chi connectivity index (χ4n) is 1.27. The summed E-state index contributed by atoms with van der Waals surface area (Å²) in [7, 11) is 0. The summed E-state index contributed by atoms with van der Waals surface area (Å²) in [6.07, 6.45) is 2.42. The summed E-state index contributed by atoms with van der Waals surface area (Å²) >= 11 is 1.58. The van der Waals surface area contributed by atoms with E-state index >= 15 is 0 Å². The predicted octanol–water partition coefficient (Wildman–Crippen LogP) is 2.44. The van der Waals surface area contributed by atoms with E-state index in [0.29, 0.717) is 12.1 Å². The number of aliphatic carboxylic acids is 1. The van der Waals surface area contributed by atoms with Crippen molar-refractivity contribution in [3.8, 4) is 0 Å². The predicted molar refractivity (Wildman–Crippen MR) is 64.4 cm³/mol. The molecule has 0 radical (unpaired) electrons. The summed E-state index contributed by atoms with van der Waals surface area (Å²) < 4.78 is 12.9. The fourth-order valence-corrected chi connectivity index (χ4v) is 1.74. The smallest absolute Gasteiger partial charge is 0.326 e. The molecule has 0 amide bonds. The summed E-state index contributed by atoms with van der Waals surface area (Å²) in [5.41, 5.74) is 0.494. The number of benzene rings is 1. The highest BCUT2D eigenvalue weighted by Gasteiger charge is 2.16. The number of carboxylic acid groups (broad SMARTS) is 1.